The first-order valence-corrected chi connectivity index (χ1v) is 6.88. The molecule has 0 unspecified atom stereocenters. The molecule has 0 aliphatic rings. The van der Waals surface area contributed by atoms with Gasteiger partial charge in [0.15, 0.2) is 6.29 Å². The van der Waals surface area contributed by atoms with Gasteiger partial charge < -0.3 is 18.9 Å². The van der Waals surface area contributed by atoms with E-state index in [-0.39, 0.29) is 6.29 Å². The van der Waals surface area contributed by atoms with E-state index in [1.165, 1.54) is 0 Å². The Kier molecular flexibility index (Phi) is 7.77. The highest BCUT2D eigenvalue weighted by molar-refractivity contribution is 5.32. The van der Waals surface area contributed by atoms with E-state index in [0.717, 1.165) is 17.1 Å². The Balaban J connectivity index is 2.52. The number of rotatable bonds is 9. The number of ether oxygens (including phenoxy) is 4. The minimum atomic E-state index is -0.293. The molecule has 0 atom stereocenters. The molecule has 112 valence electrons. The van der Waals surface area contributed by atoms with Crippen LogP contribution in [0.4, 0.5) is 0 Å². The van der Waals surface area contributed by atoms with Gasteiger partial charge in [-0.15, -0.1) is 0 Å². The molecule has 1 aromatic rings. The van der Waals surface area contributed by atoms with E-state index < -0.39 is 0 Å². The first-order chi connectivity index (χ1) is 9.71. The molecule has 20 heavy (non-hydrogen) atoms. The predicted octanol–water partition coefficient (Wildman–Crippen LogP) is 3.42. The smallest absolute Gasteiger partial charge is 0.179 e. The first-order valence-electron chi connectivity index (χ1n) is 6.88. The number of methoxy groups -OCH3 is 1. The zero-order chi connectivity index (χ0) is 14.8. The van der Waals surface area contributed by atoms with Gasteiger partial charge in [-0.05, 0) is 44.6 Å². The Morgan fingerprint density at radius 3 is 2.40 bits per heavy atom. The molecule has 4 nitrogen and oxygen atoms in total. The number of hydrogen-bond donors (Lipinski definition) is 0. The number of hydrogen-bond acceptors (Lipinski definition) is 4. The van der Waals surface area contributed by atoms with Gasteiger partial charge in [0.1, 0.15) is 18.1 Å². The van der Waals surface area contributed by atoms with Crippen molar-refractivity contribution < 1.29 is 18.9 Å². The highest BCUT2D eigenvalue weighted by atomic mass is 16.7. The minimum absolute atomic E-state index is 0.293. The summed E-state index contributed by atoms with van der Waals surface area (Å²) in [6.45, 7) is 7.58. The molecule has 1 rings (SSSR count). The molecule has 0 N–H and O–H groups in total. The van der Waals surface area contributed by atoms with Crippen LogP contribution >= 0.6 is 0 Å². The summed E-state index contributed by atoms with van der Waals surface area (Å²) in [5.41, 5.74) is 1.01. The van der Waals surface area contributed by atoms with Gasteiger partial charge in [-0.3, -0.25) is 0 Å². The summed E-state index contributed by atoms with van der Waals surface area (Å²) in [5, 5.41) is 0. The van der Waals surface area contributed by atoms with Crippen LogP contribution in [0.3, 0.4) is 0 Å². The lowest BCUT2D eigenvalue weighted by atomic mass is 10.2. The molecule has 0 saturated carbocycles. The van der Waals surface area contributed by atoms with E-state index in [4.69, 9.17) is 18.9 Å². The fraction of sp³-hybridized carbons (Fsp3) is 0.500. The topological polar surface area (TPSA) is 36.9 Å². The lowest BCUT2D eigenvalue weighted by molar-refractivity contribution is -0.111. The third-order valence-corrected chi connectivity index (χ3v) is 2.70. The quantitative estimate of drug-likeness (QED) is 0.513. The van der Waals surface area contributed by atoms with Crippen LogP contribution in [-0.4, -0.2) is 33.2 Å². The molecule has 0 aromatic heterocycles. The van der Waals surface area contributed by atoms with Gasteiger partial charge in [0.05, 0.1) is 7.11 Å². The lowest BCUT2D eigenvalue weighted by Gasteiger charge is -2.17. The van der Waals surface area contributed by atoms with Crippen LogP contribution in [0, 0.1) is 0 Å². The van der Waals surface area contributed by atoms with E-state index in [0.29, 0.717) is 19.8 Å². The molecule has 0 aliphatic carbocycles. The fourth-order valence-electron chi connectivity index (χ4n) is 1.67. The standard InChI is InChI=1S/C16H24O4/c1-5-18-16(19-6-2)13(3)10-11-20-15-9-7-8-14(12-15)17-4/h7-10,12,16H,5-6,11H2,1-4H3/b13-10+. The van der Waals surface area contributed by atoms with Crippen molar-refractivity contribution in [1.29, 1.82) is 0 Å². The minimum Gasteiger partial charge on any atom is -0.497 e. The molecule has 0 saturated heterocycles. The van der Waals surface area contributed by atoms with E-state index in [9.17, 15) is 0 Å². The molecule has 0 spiro atoms. The summed E-state index contributed by atoms with van der Waals surface area (Å²) in [7, 11) is 1.64. The Labute approximate surface area is 121 Å². The van der Waals surface area contributed by atoms with Gasteiger partial charge >= 0.3 is 0 Å². The van der Waals surface area contributed by atoms with Gasteiger partial charge in [-0.1, -0.05) is 6.07 Å². The van der Waals surface area contributed by atoms with Crippen LogP contribution in [0.2, 0.25) is 0 Å². The van der Waals surface area contributed by atoms with Crippen LogP contribution in [0.1, 0.15) is 20.8 Å². The molecular formula is C16H24O4. The maximum atomic E-state index is 5.66. The molecule has 1 aromatic carbocycles. The van der Waals surface area contributed by atoms with Crippen LogP contribution in [0.5, 0.6) is 11.5 Å². The van der Waals surface area contributed by atoms with Gasteiger partial charge in [0.25, 0.3) is 0 Å². The Morgan fingerprint density at radius 2 is 1.80 bits per heavy atom. The largest absolute Gasteiger partial charge is 0.497 e. The maximum Gasteiger partial charge on any atom is 0.179 e. The molecule has 0 heterocycles. The van der Waals surface area contributed by atoms with Crippen molar-refractivity contribution in [3.05, 3.63) is 35.9 Å². The monoisotopic (exact) mass is 280 g/mol. The Bertz CT molecular complexity index is 409. The second kappa shape index (κ2) is 9.39. The van der Waals surface area contributed by atoms with Crippen LogP contribution in [0.15, 0.2) is 35.9 Å². The van der Waals surface area contributed by atoms with Gasteiger partial charge in [0.2, 0.25) is 0 Å². The summed E-state index contributed by atoms with van der Waals surface area (Å²) < 4.78 is 21.8. The number of benzene rings is 1. The van der Waals surface area contributed by atoms with Crippen molar-refractivity contribution in [3.8, 4) is 11.5 Å². The molecule has 0 bridgehead atoms. The molecule has 4 heteroatoms. The summed E-state index contributed by atoms with van der Waals surface area (Å²) in [5.74, 6) is 1.56. The first kappa shape index (κ1) is 16.5. The molecule has 0 radical (unpaired) electrons. The van der Waals surface area contributed by atoms with E-state index in [2.05, 4.69) is 0 Å². The second-order valence-corrected chi connectivity index (χ2v) is 4.18. The zero-order valence-corrected chi connectivity index (χ0v) is 12.7. The van der Waals surface area contributed by atoms with Crippen LogP contribution in [-0.2, 0) is 9.47 Å². The summed E-state index contributed by atoms with van der Waals surface area (Å²) in [4.78, 5) is 0. The summed E-state index contributed by atoms with van der Waals surface area (Å²) >= 11 is 0. The van der Waals surface area contributed by atoms with Crippen molar-refractivity contribution in [3.63, 3.8) is 0 Å². The van der Waals surface area contributed by atoms with Crippen molar-refractivity contribution >= 4 is 0 Å². The zero-order valence-electron chi connectivity index (χ0n) is 12.7. The molecule has 0 amide bonds. The average molecular weight is 280 g/mol. The SMILES string of the molecule is CCOC(OCC)/C(C)=C/COc1cccc(OC)c1. The van der Waals surface area contributed by atoms with Crippen molar-refractivity contribution in [2.24, 2.45) is 0 Å². The fourth-order valence-corrected chi connectivity index (χ4v) is 1.67. The van der Waals surface area contributed by atoms with E-state index >= 15 is 0 Å². The summed E-state index contributed by atoms with van der Waals surface area (Å²) in [6, 6.07) is 7.53. The lowest BCUT2D eigenvalue weighted by Crippen LogP contribution is -2.19. The highest BCUT2D eigenvalue weighted by Gasteiger charge is 2.09. The maximum absolute atomic E-state index is 5.66. The summed E-state index contributed by atoms with van der Waals surface area (Å²) in [6.07, 6.45) is 1.68. The van der Waals surface area contributed by atoms with Crippen molar-refractivity contribution in [2.45, 2.75) is 27.1 Å². The van der Waals surface area contributed by atoms with Crippen LogP contribution < -0.4 is 9.47 Å². The average Bonchev–Trinajstić information content (AvgIpc) is 2.47. The van der Waals surface area contributed by atoms with Gasteiger partial charge in [-0.25, -0.2) is 0 Å². The molecule has 0 aliphatic heterocycles. The Hall–Kier alpha value is -1.52. The van der Waals surface area contributed by atoms with E-state index in [1.807, 2.05) is 51.1 Å². The third-order valence-electron chi connectivity index (χ3n) is 2.70. The van der Waals surface area contributed by atoms with E-state index in [1.54, 1.807) is 7.11 Å². The molecular weight excluding hydrogens is 256 g/mol. The van der Waals surface area contributed by atoms with Crippen molar-refractivity contribution in [2.75, 3.05) is 26.9 Å². The second-order valence-electron chi connectivity index (χ2n) is 4.18. The highest BCUT2D eigenvalue weighted by Crippen LogP contribution is 2.19. The van der Waals surface area contributed by atoms with Gasteiger partial charge in [0, 0.05) is 19.3 Å². The van der Waals surface area contributed by atoms with Crippen molar-refractivity contribution in [1.82, 2.24) is 0 Å². The third kappa shape index (κ3) is 5.63. The van der Waals surface area contributed by atoms with Gasteiger partial charge in [-0.2, -0.15) is 0 Å². The van der Waals surface area contributed by atoms with Crippen LogP contribution in [0.25, 0.3) is 0 Å². The molecule has 0 fully saturated rings. The normalized spacial score (nSPS) is 11.8. The Morgan fingerprint density at radius 1 is 1.15 bits per heavy atom. The predicted molar refractivity (Wildman–Crippen MR) is 79.3 cm³/mol.